The highest BCUT2D eigenvalue weighted by atomic mass is 127. The molecule has 0 bridgehead atoms. The molecule has 1 aromatic carbocycles. The molecule has 0 spiro atoms. The van der Waals surface area contributed by atoms with Gasteiger partial charge in [-0.05, 0) is 37.8 Å². The number of halogens is 1. The molecule has 0 unspecified atom stereocenters. The number of hydrogen-bond acceptors (Lipinski definition) is 4. The third kappa shape index (κ3) is 7.96. The van der Waals surface area contributed by atoms with Gasteiger partial charge in [0.1, 0.15) is 11.5 Å². The molecule has 27 heavy (non-hydrogen) atoms. The number of aromatic hydroxyl groups is 1. The van der Waals surface area contributed by atoms with E-state index in [4.69, 9.17) is 4.74 Å². The Bertz CT molecular complexity index is 602. The molecule has 0 saturated carbocycles. The molecular weight excluding hydrogens is 455 g/mol. The SMILES string of the molecule is C=CCN1CCC(NC(=NCCc2ccc(OC)cc2O)NCC)CC1.I. The number of nitrogens with zero attached hydrogens (tertiary/aromatic N) is 2. The van der Waals surface area contributed by atoms with Crippen molar-refractivity contribution in [3.63, 3.8) is 0 Å². The number of ether oxygens (including phenoxy) is 1. The number of benzene rings is 1. The molecule has 1 aliphatic heterocycles. The largest absolute Gasteiger partial charge is 0.508 e. The zero-order valence-corrected chi connectivity index (χ0v) is 18.7. The van der Waals surface area contributed by atoms with Crippen molar-refractivity contribution >= 4 is 29.9 Å². The second-order valence-electron chi connectivity index (χ2n) is 6.51. The molecule has 7 heteroatoms. The summed E-state index contributed by atoms with van der Waals surface area (Å²) in [5, 5.41) is 16.9. The lowest BCUT2D eigenvalue weighted by molar-refractivity contribution is 0.225. The number of methoxy groups -OCH3 is 1. The molecule has 3 N–H and O–H groups in total. The Morgan fingerprint density at radius 2 is 2.15 bits per heavy atom. The van der Waals surface area contributed by atoms with Crippen molar-refractivity contribution in [2.75, 3.05) is 39.8 Å². The van der Waals surface area contributed by atoms with E-state index in [1.165, 1.54) is 0 Å². The Morgan fingerprint density at radius 3 is 2.74 bits per heavy atom. The Hall–Kier alpha value is -1.48. The standard InChI is InChI=1S/C20H32N4O2.HI/c1-4-12-24-13-9-17(10-14-24)23-20(21-5-2)22-11-8-16-6-7-18(26-3)15-19(16)25;/h4,6-7,15,17,25H,1,5,8-14H2,2-3H3,(H2,21,22,23);1H. The van der Waals surface area contributed by atoms with Crippen LogP contribution in [0, 0.1) is 0 Å². The molecule has 0 atom stereocenters. The first-order valence-corrected chi connectivity index (χ1v) is 9.40. The van der Waals surface area contributed by atoms with E-state index < -0.39 is 0 Å². The van der Waals surface area contributed by atoms with E-state index in [-0.39, 0.29) is 29.7 Å². The molecule has 2 rings (SSSR count). The summed E-state index contributed by atoms with van der Waals surface area (Å²) in [6, 6.07) is 5.83. The number of hydrogen-bond donors (Lipinski definition) is 3. The highest BCUT2D eigenvalue weighted by molar-refractivity contribution is 14.0. The fourth-order valence-corrected chi connectivity index (χ4v) is 3.13. The van der Waals surface area contributed by atoms with Gasteiger partial charge in [-0.3, -0.25) is 9.89 Å². The summed E-state index contributed by atoms with van der Waals surface area (Å²) < 4.78 is 5.12. The van der Waals surface area contributed by atoms with E-state index in [9.17, 15) is 5.11 Å². The minimum absolute atomic E-state index is 0. The van der Waals surface area contributed by atoms with Crippen LogP contribution in [0.4, 0.5) is 0 Å². The van der Waals surface area contributed by atoms with Crippen molar-refractivity contribution in [2.24, 2.45) is 4.99 Å². The predicted molar refractivity (Wildman–Crippen MR) is 123 cm³/mol. The monoisotopic (exact) mass is 488 g/mol. The topological polar surface area (TPSA) is 69.1 Å². The third-order valence-corrected chi connectivity index (χ3v) is 4.60. The molecule has 1 fully saturated rings. The van der Waals surface area contributed by atoms with Gasteiger partial charge in [-0.1, -0.05) is 12.1 Å². The number of rotatable bonds is 8. The second-order valence-corrected chi connectivity index (χ2v) is 6.51. The molecule has 1 saturated heterocycles. The molecule has 6 nitrogen and oxygen atoms in total. The van der Waals surface area contributed by atoms with Crippen molar-refractivity contribution in [2.45, 2.75) is 32.2 Å². The summed E-state index contributed by atoms with van der Waals surface area (Å²) in [4.78, 5) is 7.08. The second kappa shape index (κ2) is 12.8. The molecule has 0 amide bonds. The highest BCUT2D eigenvalue weighted by Gasteiger charge is 2.19. The van der Waals surface area contributed by atoms with Crippen molar-refractivity contribution in [1.82, 2.24) is 15.5 Å². The maximum absolute atomic E-state index is 10.0. The number of aliphatic imine (C=N–C) groups is 1. The van der Waals surface area contributed by atoms with E-state index in [0.717, 1.165) is 50.5 Å². The van der Waals surface area contributed by atoms with E-state index >= 15 is 0 Å². The van der Waals surface area contributed by atoms with Gasteiger partial charge in [-0.15, -0.1) is 30.6 Å². The van der Waals surface area contributed by atoms with Gasteiger partial charge in [0, 0.05) is 44.8 Å². The van der Waals surface area contributed by atoms with Gasteiger partial charge in [0.25, 0.3) is 0 Å². The van der Waals surface area contributed by atoms with E-state index in [0.29, 0.717) is 24.8 Å². The zero-order chi connectivity index (χ0) is 18.8. The minimum Gasteiger partial charge on any atom is -0.508 e. The van der Waals surface area contributed by atoms with E-state index in [1.807, 2.05) is 18.2 Å². The number of nitrogens with one attached hydrogen (secondary N) is 2. The Balaban J connectivity index is 0.00000364. The van der Waals surface area contributed by atoms with Gasteiger partial charge in [-0.25, -0.2) is 0 Å². The maximum Gasteiger partial charge on any atom is 0.191 e. The van der Waals surface area contributed by atoms with Crippen LogP contribution >= 0.6 is 24.0 Å². The van der Waals surface area contributed by atoms with Crippen LogP contribution in [0.25, 0.3) is 0 Å². The van der Waals surface area contributed by atoms with Gasteiger partial charge < -0.3 is 20.5 Å². The Labute approximate surface area is 180 Å². The number of phenolic OH excluding ortho intramolecular Hbond substituents is 1. The summed E-state index contributed by atoms with van der Waals surface area (Å²) >= 11 is 0. The van der Waals surface area contributed by atoms with Crippen LogP contribution in [0.5, 0.6) is 11.5 Å². The lowest BCUT2D eigenvalue weighted by Gasteiger charge is -2.32. The lowest BCUT2D eigenvalue weighted by Crippen LogP contribution is -2.48. The van der Waals surface area contributed by atoms with E-state index in [2.05, 4.69) is 34.0 Å². The molecule has 0 aliphatic carbocycles. The van der Waals surface area contributed by atoms with Crippen LogP contribution in [0.2, 0.25) is 0 Å². The maximum atomic E-state index is 10.0. The van der Waals surface area contributed by atoms with Crippen LogP contribution in [0.15, 0.2) is 35.8 Å². The van der Waals surface area contributed by atoms with Gasteiger partial charge in [0.2, 0.25) is 0 Å². The third-order valence-electron chi connectivity index (χ3n) is 4.60. The summed E-state index contributed by atoms with van der Waals surface area (Å²) in [5.41, 5.74) is 0.878. The average molecular weight is 488 g/mol. The molecule has 0 radical (unpaired) electrons. The summed E-state index contributed by atoms with van der Waals surface area (Å²) in [6.45, 7) is 10.5. The van der Waals surface area contributed by atoms with E-state index in [1.54, 1.807) is 13.2 Å². The fourth-order valence-electron chi connectivity index (χ4n) is 3.13. The van der Waals surface area contributed by atoms with Gasteiger partial charge in [0.15, 0.2) is 5.96 Å². The van der Waals surface area contributed by atoms with Crippen LogP contribution in [-0.2, 0) is 6.42 Å². The number of guanidine groups is 1. The first kappa shape index (κ1) is 23.6. The number of phenols is 1. The van der Waals surface area contributed by atoms with Crippen LogP contribution in [0.3, 0.4) is 0 Å². The van der Waals surface area contributed by atoms with Crippen molar-refractivity contribution in [3.8, 4) is 11.5 Å². The summed E-state index contributed by atoms with van der Waals surface area (Å²) in [6.07, 6.45) is 4.87. The molecular formula is C20H33IN4O2. The van der Waals surface area contributed by atoms with Gasteiger partial charge in [0.05, 0.1) is 7.11 Å². The molecule has 1 aromatic rings. The van der Waals surface area contributed by atoms with Crippen molar-refractivity contribution in [3.05, 3.63) is 36.4 Å². The molecule has 1 aliphatic rings. The van der Waals surface area contributed by atoms with Crippen LogP contribution in [0.1, 0.15) is 25.3 Å². The highest BCUT2D eigenvalue weighted by Crippen LogP contribution is 2.23. The fraction of sp³-hybridized carbons (Fsp3) is 0.550. The van der Waals surface area contributed by atoms with Gasteiger partial charge >= 0.3 is 0 Å². The van der Waals surface area contributed by atoms with Crippen molar-refractivity contribution in [1.29, 1.82) is 0 Å². The first-order valence-electron chi connectivity index (χ1n) is 9.40. The van der Waals surface area contributed by atoms with Crippen LogP contribution in [-0.4, -0.2) is 61.8 Å². The molecule has 152 valence electrons. The quantitative estimate of drug-likeness (QED) is 0.227. The first-order chi connectivity index (χ1) is 12.7. The predicted octanol–water partition coefficient (Wildman–Crippen LogP) is 2.77. The van der Waals surface area contributed by atoms with Gasteiger partial charge in [-0.2, -0.15) is 0 Å². The van der Waals surface area contributed by atoms with Crippen LogP contribution < -0.4 is 15.4 Å². The summed E-state index contributed by atoms with van der Waals surface area (Å²) in [7, 11) is 1.59. The number of likely N-dealkylation sites (tertiary alicyclic amines) is 1. The normalized spacial score (nSPS) is 15.7. The lowest BCUT2D eigenvalue weighted by atomic mass is 10.1. The summed E-state index contributed by atoms with van der Waals surface area (Å²) in [5.74, 6) is 1.77. The average Bonchev–Trinajstić information content (AvgIpc) is 2.65. The zero-order valence-electron chi connectivity index (χ0n) is 16.4. The Morgan fingerprint density at radius 1 is 1.41 bits per heavy atom. The minimum atomic E-state index is 0. The Kier molecular flexibility index (Phi) is 11.2. The van der Waals surface area contributed by atoms with Crippen molar-refractivity contribution < 1.29 is 9.84 Å². The molecule has 0 aromatic heterocycles. The number of piperidine rings is 1. The smallest absolute Gasteiger partial charge is 0.191 e. The molecule has 1 heterocycles.